The van der Waals surface area contributed by atoms with Crippen molar-refractivity contribution in [3.8, 4) is 0 Å². The monoisotopic (exact) mass is 260 g/mol. The van der Waals surface area contributed by atoms with Crippen molar-refractivity contribution in [3.63, 3.8) is 0 Å². The van der Waals surface area contributed by atoms with Crippen molar-refractivity contribution in [2.45, 2.75) is 19.8 Å². The predicted octanol–water partition coefficient (Wildman–Crippen LogP) is 2.29. The third-order valence-corrected chi connectivity index (χ3v) is 3.89. The number of hydrogen-bond donors (Lipinski definition) is 0. The highest BCUT2D eigenvalue weighted by atomic mass is 16.1. The van der Waals surface area contributed by atoms with Gasteiger partial charge in [-0.25, -0.2) is 0 Å². The Bertz CT molecular complexity index is 383. The molecule has 0 amide bonds. The van der Waals surface area contributed by atoms with Gasteiger partial charge in [-0.15, -0.1) is 0 Å². The third kappa shape index (κ3) is 4.44. The van der Waals surface area contributed by atoms with E-state index in [1.165, 1.54) is 13.1 Å². The van der Waals surface area contributed by atoms with Crippen molar-refractivity contribution in [1.82, 2.24) is 9.80 Å². The molecular weight excluding hydrogens is 236 g/mol. The zero-order valence-corrected chi connectivity index (χ0v) is 11.8. The number of hydrogen-bond acceptors (Lipinski definition) is 3. The topological polar surface area (TPSA) is 23.6 Å². The first-order valence-electron chi connectivity index (χ1n) is 7.32. The lowest BCUT2D eigenvalue weighted by molar-refractivity contribution is 0.0963. The van der Waals surface area contributed by atoms with Gasteiger partial charge in [-0.2, -0.15) is 0 Å². The molecule has 3 nitrogen and oxygen atoms in total. The first-order chi connectivity index (χ1) is 9.29. The van der Waals surface area contributed by atoms with Crippen molar-refractivity contribution in [3.05, 3.63) is 35.9 Å². The molecular formula is C16H24N2O. The van der Waals surface area contributed by atoms with Crippen LogP contribution in [0.3, 0.4) is 0 Å². The normalized spacial score (nSPS) is 17.5. The van der Waals surface area contributed by atoms with E-state index in [-0.39, 0.29) is 5.78 Å². The highest BCUT2D eigenvalue weighted by Crippen LogP contribution is 2.07. The maximum Gasteiger partial charge on any atom is 0.162 e. The van der Waals surface area contributed by atoms with Crippen LogP contribution in [0.4, 0.5) is 0 Å². The van der Waals surface area contributed by atoms with E-state index in [2.05, 4.69) is 16.7 Å². The van der Waals surface area contributed by atoms with Crippen LogP contribution in [0.25, 0.3) is 0 Å². The van der Waals surface area contributed by atoms with E-state index >= 15 is 0 Å². The molecule has 0 unspecified atom stereocenters. The molecule has 0 aromatic heterocycles. The number of piperazine rings is 1. The number of rotatable bonds is 6. The van der Waals surface area contributed by atoms with E-state index in [9.17, 15) is 4.79 Å². The fourth-order valence-electron chi connectivity index (χ4n) is 2.56. The molecule has 3 heteroatoms. The molecule has 1 aliphatic rings. The molecule has 0 atom stereocenters. The van der Waals surface area contributed by atoms with E-state index in [1.807, 2.05) is 30.3 Å². The number of nitrogens with zero attached hydrogens (tertiary/aromatic N) is 2. The van der Waals surface area contributed by atoms with Crippen LogP contribution in [-0.2, 0) is 0 Å². The highest BCUT2D eigenvalue weighted by Gasteiger charge is 2.15. The fourth-order valence-corrected chi connectivity index (χ4v) is 2.56. The van der Waals surface area contributed by atoms with Crippen LogP contribution >= 0.6 is 0 Å². The summed E-state index contributed by atoms with van der Waals surface area (Å²) in [6.07, 6.45) is 1.64. The Labute approximate surface area is 116 Å². The zero-order chi connectivity index (χ0) is 13.5. The Morgan fingerprint density at radius 1 is 1.05 bits per heavy atom. The maximum atomic E-state index is 12.0. The van der Waals surface area contributed by atoms with Gasteiger partial charge in [0, 0.05) is 38.2 Å². The Morgan fingerprint density at radius 2 is 1.68 bits per heavy atom. The van der Waals surface area contributed by atoms with Crippen LogP contribution in [0.2, 0.25) is 0 Å². The van der Waals surface area contributed by atoms with Gasteiger partial charge in [0.1, 0.15) is 0 Å². The second-order valence-electron chi connectivity index (χ2n) is 5.17. The van der Waals surface area contributed by atoms with Gasteiger partial charge in [0.25, 0.3) is 0 Å². The van der Waals surface area contributed by atoms with Gasteiger partial charge in [0.2, 0.25) is 0 Å². The summed E-state index contributed by atoms with van der Waals surface area (Å²) in [6.45, 7) is 9.05. The summed E-state index contributed by atoms with van der Waals surface area (Å²) in [5, 5.41) is 0. The molecule has 104 valence electrons. The van der Waals surface area contributed by atoms with Gasteiger partial charge in [-0.1, -0.05) is 37.3 Å². The predicted molar refractivity (Wildman–Crippen MR) is 78.6 cm³/mol. The summed E-state index contributed by atoms with van der Waals surface area (Å²) < 4.78 is 0. The summed E-state index contributed by atoms with van der Waals surface area (Å²) in [5.41, 5.74) is 0.846. The molecule has 0 saturated carbocycles. The van der Waals surface area contributed by atoms with Crippen molar-refractivity contribution < 1.29 is 4.79 Å². The minimum absolute atomic E-state index is 0.271. The first-order valence-corrected chi connectivity index (χ1v) is 7.32. The van der Waals surface area contributed by atoms with Crippen molar-refractivity contribution >= 4 is 5.78 Å². The molecule has 1 aromatic carbocycles. The minimum atomic E-state index is 0.271. The maximum absolute atomic E-state index is 12.0. The molecule has 19 heavy (non-hydrogen) atoms. The molecule has 1 aromatic rings. The Hall–Kier alpha value is -1.19. The molecule has 1 saturated heterocycles. The molecule has 1 aliphatic heterocycles. The molecule has 2 rings (SSSR count). The van der Waals surface area contributed by atoms with Gasteiger partial charge < -0.3 is 9.80 Å². The van der Waals surface area contributed by atoms with Crippen molar-refractivity contribution in [1.29, 1.82) is 0 Å². The van der Waals surface area contributed by atoms with E-state index in [1.54, 1.807) is 0 Å². The molecule has 0 aliphatic carbocycles. The summed E-state index contributed by atoms with van der Waals surface area (Å²) >= 11 is 0. The first kappa shape index (κ1) is 14.2. The Morgan fingerprint density at radius 3 is 2.32 bits per heavy atom. The summed E-state index contributed by atoms with van der Waals surface area (Å²) in [7, 11) is 0. The quantitative estimate of drug-likeness (QED) is 0.733. The third-order valence-electron chi connectivity index (χ3n) is 3.89. The highest BCUT2D eigenvalue weighted by molar-refractivity contribution is 5.95. The Kier molecular flexibility index (Phi) is 5.55. The Balaban J connectivity index is 1.66. The second kappa shape index (κ2) is 7.41. The lowest BCUT2D eigenvalue weighted by Gasteiger charge is -2.33. The summed E-state index contributed by atoms with van der Waals surface area (Å²) in [6, 6.07) is 9.61. The van der Waals surface area contributed by atoms with Crippen LogP contribution in [0.5, 0.6) is 0 Å². The average molecular weight is 260 g/mol. The van der Waals surface area contributed by atoms with E-state index in [0.29, 0.717) is 6.42 Å². The van der Waals surface area contributed by atoms with Gasteiger partial charge in [0.15, 0.2) is 5.78 Å². The SMILES string of the molecule is CCN1CCN(CCCC(=O)c2ccccc2)CC1. The smallest absolute Gasteiger partial charge is 0.162 e. The molecule has 0 N–H and O–H groups in total. The number of carbonyl (C=O) groups excluding carboxylic acids is 1. The van der Waals surface area contributed by atoms with E-state index < -0.39 is 0 Å². The van der Waals surface area contributed by atoms with Crippen molar-refractivity contribution in [2.24, 2.45) is 0 Å². The number of benzene rings is 1. The molecule has 1 heterocycles. The molecule has 0 radical (unpaired) electrons. The van der Waals surface area contributed by atoms with Gasteiger partial charge in [0.05, 0.1) is 0 Å². The number of Topliss-reactive ketones (excluding diaryl/α,β-unsaturated/α-hetero) is 1. The minimum Gasteiger partial charge on any atom is -0.301 e. The second-order valence-corrected chi connectivity index (χ2v) is 5.17. The fraction of sp³-hybridized carbons (Fsp3) is 0.562. The number of ketones is 1. The van der Waals surface area contributed by atoms with E-state index in [0.717, 1.165) is 38.2 Å². The number of carbonyl (C=O) groups is 1. The largest absolute Gasteiger partial charge is 0.301 e. The standard InChI is InChI=1S/C16H24N2O/c1-2-17-11-13-18(14-12-17)10-6-9-16(19)15-7-4-3-5-8-15/h3-5,7-8H,2,6,9-14H2,1H3. The van der Waals surface area contributed by atoms with Crippen LogP contribution in [-0.4, -0.2) is 54.9 Å². The lowest BCUT2D eigenvalue weighted by Crippen LogP contribution is -2.46. The van der Waals surface area contributed by atoms with Gasteiger partial charge in [-0.3, -0.25) is 4.79 Å². The zero-order valence-electron chi connectivity index (χ0n) is 11.8. The van der Waals surface area contributed by atoms with Gasteiger partial charge >= 0.3 is 0 Å². The lowest BCUT2D eigenvalue weighted by atomic mass is 10.1. The van der Waals surface area contributed by atoms with Crippen molar-refractivity contribution in [2.75, 3.05) is 39.3 Å². The number of likely N-dealkylation sites (N-methyl/N-ethyl adjacent to an activating group) is 1. The molecule has 1 fully saturated rings. The van der Waals surface area contributed by atoms with Crippen LogP contribution < -0.4 is 0 Å². The summed E-state index contributed by atoms with van der Waals surface area (Å²) in [4.78, 5) is 16.9. The van der Waals surface area contributed by atoms with Gasteiger partial charge in [-0.05, 0) is 19.5 Å². The summed E-state index contributed by atoms with van der Waals surface area (Å²) in [5.74, 6) is 0.271. The van der Waals surface area contributed by atoms with E-state index in [4.69, 9.17) is 0 Å². The average Bonchev–Trinajstić information content (AvgIpc) is 2.49. The van der Waals surface area contributed by atoms with Crippen LogP contribution in [0, 0.1) is 0 Å². The molecule has 0 bridgehead atoms. The van der Waals surface area contributed by atoms with Crippen LogP contribution in [0.1, 0.15) is 30.1 Å². The van der Waals surface area contributed by atoms with Crippen LogP contribution in [0.15, 0.2) is 30.3 Å². The molecule has 0 spiro atoms.